The molecule has 0 saturated heterocycles. The Balaban J connectivity index is 1.86. The number of hydrogen-bond acceptors (Lipinski definition) is 4. The Morgan fingerprint density at radius 3 is 3.05 bits per heavy atom. The summed E-state index contributed by atoms with van der Waals surface area (Å²) in [6.07, 6.45) is 7.69. The van der Waals surface area contributed by atoms with Crippen LogP contribution in [0.1, 0.15) is 23.7 Å². The van der Waals surface area contributed by atoms with Gasteiger partial charge in [0.15, 0.2) is 0 Å². The van der Waals surface area contributed by atoms with Gasteiger partial charge in [0, 0.05) is 38.2 Å². The second-order valence-electron chi connectivity index (χ2n) is 4.49. The third-order valence-electron chi connectivity index (χ3n) is 2.90. The smallest absolute Gasteiger partial charge is 0.252 e. The summed E-state index contributed by atoms with van der Waals surface area (Å²) in [5, 5.41) is 6.27. The fraction of sp³-hybridized carbons (Fsp3) is 0.357. The van der Waals surface area contributed by atoms with E-state index in [1.54, 1.807) is 18.6 Å². The van der Waals surface area contributed by atoms with E-state index in [1.165, 1.54) is 6.20 Å². The number of nitrogens with one attached hydrogen (secondary N) is 2. The molecule has 7 heteroatoms. The molecule has 0 aliphatic heterocycles. The molecule has 6 nitrogen and oxygen atoms in total. The predicted octanol–water partition coefficient (Wildman–Crippen LogP) is 2.18. The molecule has 2 N–H and O–H groups in total. The lowest BCUT2D eigenvalue weighted by Crippen LogP contribution is -2.25. The Hall–Kier alpha value is -2.08. The summed E-state index contributed by atoms with van der Waals surface area (Å²) in [6.45, 7) is 4.09. The van der Waals surface area contributed by atoms with Crippen LogP contribution in [0.25, 0.3) is 0 Å². The highest BCUT2D eigenvalue weighted by molar-refractivity contribution is 6.33. The van der Waals surface area contributed by atoms with Gasteiger partial charge in [0.25, 0.3) is 5.91 Å². The minimum absolute atomic E-state index is 0.188. The van der Waals surface area contributed by atoms with Gasteiger partial charge < -0.3 is 15.2 Å². The lowest BCUT2D eigenvalue weighted by atomic mass is 10.2. The Morgan fingerprint density at radius 2 is 2.33 bits per heavy atom. The minimum atomic E-state index is -0.188. The fourth-order valence-corrected chi connectivity index (χ4v) is 2.06. The number of carbonyl (C=O) groups excluding carboxylic acids is 1. The molecule has 0 aromatic carbocycles. The molecule has 0 aliphatic rings. The predicted molar refractivity (Wildman–Crippen MR) is 82.6 cm³/mol. The Bertz CT molecular complexity index is 585. The van der Waals surface area contributed by atoms with Gasteiger partial charge >= 0.3 is 0 Å². The molecule has 1 amide bonds. The topological polar surface area (TPSA) is 71.8 Å². The van der Waals surface area contributed by atoms with E-state index >= 15 is 0 Å². The molecular formula is C14H18ClN5O. The number of aromatic nitrogens is 3. The number of amides is 1. The summed E-state index contributed by atoms with van der Waals surface area (Å²) in [4.78, 5) is 20.2. The average molecular weight is 308 g/mol. The van der Waals surface area contributed by atoms with E-state index in [0.29, 0.717) is 22.9 Å². The van der Waals surface area contributed by atoms with Crippen molar-refractivity contribution in [1.82, 2.24) is 19.9 Å². The zero-order valence-electron chi connectivity index (χ0n) is 11.8. The molecule has 2 aromatic heterocycles. The zero-order valence-corrected chi connectivity index (χ0v) is 12.6. The molecule has 0 spiro atoms. The van der Waals surface area contributed by atoms with Gasteiger partial charge in [-0.05, 0) is 19.4 Å². The number of imidazole rings is 1. The van der Waals surface area contributed by atoms with Crippen LogP contribution in [0.15, 0.2) is 31.0 Å². The first-order valence-electron chi connectivity index (χ1n) is 6.84. The van der Waals surface area contributed by atoms with Gasteiger partial charge in [-0.1, -0.05) is 11.6 Å². The van der Waals surface area contributed by atoms with Crippen molar-refractivity contribution in [1.29, 1.82) is 0 Å². The van der Waals surface area contributed by atoms with E-state index < -0.39 is 0 Å². The monoisotopic (exact) mass is 307 g/mol. The van der Waals surface area contributed by atoms with E-state index in [-0.39, 0.29) is 5.91 Å². The molecule has 0 fully saturated rings. The van der Waals surface area contributed by atoms with E-state index in [4.69, 9.17) is 11.6 Å². The fourth-order valence-electron chi connectivity index (χ4n) is 1.87. The normalized spacial score (nSPS) is 10.4. The first kappa shape index (κ1) is 15.3. The summed E-state index contributed by atoms with van der Waals surface area (Å²) >= 11 is 6.02. The van der Waals surface area contributed by atoms with Crippen LogP contribution in [0, 0.1) is 0 Å². The highest BCUT2D eigenvalue weighted by atomic mass is 35.5. The number of rotatable bonds is 7. The Labute approximate surface area is 128 Å². The summed E-state index contributed by atoms with van der Waals surface area (Å²) in [5.74, 6) is 0.456. The second-order valence-corrected chi connectivity index (χ2v) is 4.90. The molecule has 0 unspecified atom stereocenters. The van der Waals surface area contributed by atoms with Crippen molar-refractivity contribution in [3.05, 3.63) is 41.6 Å². The van der Waals surface area contributed by atoms with Crippen molar-refractivity contribution < 1.29 is 4.79 Å². The average Bonchev–Trinajstić information content (AvgIpc) is 2.99. The van der Waals surface area contributed by atoms with Crippen LogP contribution in [-0.4, -0.2) is 33.5 Å². The number of hydrogen-bond donors (Lipinski definition) is 2. The third kappa shape index (κ3) is 4.46. The molecule has 21 heavy (non-hydrogen) atoms. The number of pyridine rings is 1. The van der Waals surface area contributed by atoms with Crippen LogP contribution in [-0.2, 0) is 6.54 Å². The lowest BCUT2D eigenvalue weighted by Gasteiger charge is -2.09. The number of halogens is 1. The Morgan fingerprint density at radius 1 is 1.48 bits per heavy atom. The summed E-state index contributed by atoms with van der Waals surface area (Å²) in [6, 6.07) is 1.66. The van der Waals surface area contributed by atoms with E-state index in [0.717, 1.165) is 19.5 Å². The number of nitrogens with zero attached hydrogens (tertiary/aromatic N) is 3. The number of carbonyl (C=O) groups is 1. The van der Waals surface area contributed by atoms with Crippen LogP contribution in [0.2, 0.25) is 5.02 Å². The molecule has 2 aromatic rings. The van der Waals surface area contributed by atoms with Crippen LogP contribution >= 0.6 is 11.6 Å². The van der Waals surface area contributed by atoms with Crippen LogP contribution < -0.4 is 10.6 Å². The molecule has 0 saturated carbocycles. The van der Waals surface area contributed by atoms with Crippen molar-refractivity contribution in [2.75, 3.05) is 18.4 Å². The van der Waals surface area contributed by atoms with Crippen molar-refractivity contribution in [2.45, 2.75) is 19.9 Å². The van der Waals surface area contributed by atoms with Crippen LogP contribution in [0.4, 0.5) is 5.82 Å². The first-order valence-corrected chi connectivity index (χ1v) is 7.22. The zero-order chi connectivity index (χ0) is 15.1. The summed E-state index contributed by atoms with van der Waals surface area (Å²) in [5.41, 5.74) is 0.435. The SMILES string of the molecule is CCNc1cc(C(=O)NCCCn2ccnc2)c(Cl)cn1. The number of aryl methyl sites for hydroxylation is 1. The van der Waals surface area contributed by atoms with Gasteiger partial charge in [-0.25, -0.2) is 9.97 Å². The molecule has 0 bridgehead atoms. The first-order chi connectivity index (χ1) is 10.2. The summed E-state index contributed by atoms with van der Waals surface area (Å²) < 4.78 is 1.97. The standard InChI is InChI=1S/C14H18ClN5O/c1-2-17-13-8-11(12(15)9-19-13)14(21)18-4-3-6-20-7-5-16-10-20/h5,7-10H,2-4,6H2,1H3,(H,17,19)(H,18,21). The number of anilines is 1. The lowest BCUT2D eigenvalue weighted by molar-refractivity contribution is 0.0953. The molecule has 0 atom stereocenters. The maximum atomic E-state index is 12.1. The van der Waals surface area contributed by atoms with Gasteiger partial charge in [0.1, 0.15) is 5.82 Å². The van der Waals surface area contributed by atoms with Gasteiger partial charge in [-0.3, -0.25) is 4.79 Å². The highest BCUT2D eigenvalue weighted by Crippen LogP contribution is 2.17. The Kier molecular flexibility index (Phi) is 5.57. The maximum absolute atomic E-state index is 12.1. The van der Waals surface area contributed by atoms with E-state index in [2.05, 4.69) is 20.6 Å². The minimum Gasteiger partial charge on any atom is -0.370 e. The van der Waals surface area contributed by atoms with Crippen molar-refractivity contribution in [2.24, 2.45) is 0 Å². The molecule has 2 heterocycles. The van der Waals surface area contributed by atoms with E-state index in [1.807, 2.05) is 17.7 Å². The maximum Gasteiger partial charge on any atom is 0.252 e. The van der Waals surface area contributed by atoms with Crippen LogP contribution in [0.5, 0.6) is 0 Å². The van der Waals surface area contributed by atoms with Crippen LogP contribution in [0.3, 0.4) is 0 Å². The van der Waals surface area contributed by atoms with Crippen molar-refractivity contribution >= 4 is 23.3 Å². The van der Waals surface area contributed by atoms with Gasteiger partial charge in [-0.2, -0.15) is 0 Å². The largest absolute Gasteiger partial charge is 0.370 e. The quantitative estimate of drug-likeness (QED) is 0.769. The molecule has 2 rings (SSSR count). The third-order valence-corrected chi connectivity index (χ3v) is 3.20. The molecular weight excluding hydrogens is 290 g/mol. The molecule has 112 valence electrons. The van der Waals surface area contributed by atoms with Gasteiger partial charge in [-0.15, -0.1) is 0 Å². The molecule has 0 radical (unpaired) electrons. The van der Waals surface area contributed by atoms with Gasteiger partial charge in [0.05, 0.1) is 16.9 Å². The summed E-state index contributed by atoms with van der Waals surface area (Å²) in [7, 11) is 0. The molecule has 0 aliphatic carbocycles. The second kappa shape index (κ2) is 7.64. The van der Waals surface area contributed by atoms with Crippen molar-refractivity contribution in [3.63, 3.8) is 0 Å². The highest BCUT2D eigenvalue weighted by Gasteiger charge is 2.11. The van der Waals surface area contributed by atoms with Gasteiger partial charge in [0.2, 0.25) is 0 Å². The van der Waals surface area contributed by atoms with E-state index in [9.17, 15) is 4.79 Å². The van der Waals surface area contributed by atoms with Crippen molar-refractivity contribution in [3.8, 4) is 0 Å².